The number of allylic oxidation sites excluding steroid dienone is 1. The minimum atomic E-state index is -2.64. The highest BCUT2D eigenvalue weighted by atomic mass is 19.3. The maximum atomic E-state index is 14.6. The van der Waals surface area contributed by atoms with Gasteiger partial charge in [0, 0.05) is 28.9 Å². The van der Waals surface area contributed by atoms with Gasteiger partial charge >= 0.3 is 0 Å². The first kappa shape index (κ1) is 17.9. The molecule has 1 aliphatic rings. The van der Waals surface area contributed by atoms with Crippen molar-refractivity contribution in [2.24, 2.45) is 10.2 Å². The van der Waals surface area contributed by atoms with E-state index in [1.807, 2.05) is 42.2 Å². The summed E-state index contributed by atoms with van der Waals surface area (Å²) in [5, 5.41) is 7.22. The number of rotatable bonds is 6. The van der Waals surface area contributed by atoms with Gasteiger partial charge in [-0.1, -0.05) is 36.9 Å². The number of alkyl halides is 2. The monoisotopic (exact) mass is 357 g/mol. The number of benzene rings is 2. The molecule has 0 bridgehead atoms. The molecule has 0 saturated heterocycles. The van der Waals surface area contributed by atoms with E-state index in [2.05, 4.69) is 16.8 Å². The molecular formula is C20H18F3N3. The lowest BCUT2D eigenvalue weighted by molar-refractivity contribution is 0.224. The van der Waals surface area contributed by atoms with Gasteiger partial charge < -0.3 is 4.90 Å². The topological polar surface area (TPSA) is 28.0 Å². The third-order valence-electron chi connectivity index (χ3n) is 4.14. The molecule has 0 unspecified atom stereocenters. The molecule has 134 valence electrons. The number of halogens is 3. The lowest BCUT2D eigenvalue weighted by Crippen LogP contribution is -2.20. The molecule has 2 aromatic carbocycles. The average Bonchev–Trinajstić information content (AvgIpc) is 3.11. The highest BCUT2D eigenvalue weighted by Gasteiger charge is 2.22. The Morgan fingerprint density at radius 1 is 1.15 bits per heavy atom. The first-order chi connectivity index (χ1) is 12.5. The fraction of sp³-hybridized carbons (Fsp3) is 0.200. The van der Waals surface area contributed by atoms with Gasteiger partial charge in [-0.05, 0) is 25.1 Å². The second kappa shape index (κ2) is 7.56. The zero-order valence-electron chi connectivity index (χ0n) is 14.3. The van der Waals surface area contributed by atoms with Crippen LogP contribution in [0.1, 0.15) is 24.5 Å². The molecule has 0 amide bonds. The lowest BCUT2D eigenvalue weighted by Gasteiger charge is -2.25. The summed E-state index contributed by atoms with van der Waals surface area (Å²) in [4.78, 5) is 1.91. The van der Waals surface area contributed by atoms with Crippen LogP contribution in [0, 0.1) is 5.82 Å². The summed E-state index contributed by atoms with van der Waals surface area (Å²) < 4.78 is 39.9. The minimum absolute atomic E-state index is 0.0572. The first-order valence-corrected chi connectivity index (χ1v) is 8.14. The van der Waals surface area contributed by atoms with Gasteiger partial charge in [0.25, 0.3) is 6.43 Å². The summed E-state index contributed by atoms with van der Waals surface area (Å²) in [5.74, 6) is -0.419. The van der Waals surface area contributed by atoms with Crippen LogP contribution in [0.15, 0.2) is 71.0 Å². The molecule has 3 rings (SSSR count). The van der Waals surface area contributed by atoms with Gasteiger partial charge in [-0.3, -0.25) is 0 Å². The predicted molar refractivity (Wildman–Crippen MR) is 98.4 cm³/mol. The van der Waals surface area contributed by atoms with Crippen LogP contribution in [0.25, 0.3) is 0 Å². The number of hydrogen-bond acceptors (Lipinski definition) is 3. The molecule has 0 radical (unpaired) electrons. The van der Waals surface area contributed by atoms with Crippen molar-refractivity contribution in [3.05, 3.63) is 77.8 Å². The fourth-order valence-corrected chi connectivity index (χ4v) is 2.73. The van der Waals surface area contributed by atoms with E-state index in [1.54, 1.807) is 12.1 Å². The summed E-state index contributed by atoms with van der Waals surface area (Å²) in [7, 11) is 0. The van der Waals surface area contributed by atoms with E-state index in [1.165, 1.54) is 6.07 Å². The van der Waals surface area contributed by atoms with Gasteiger partial charge in [-0.25, -0.2) is 13.2 Å². The molecule has 0 fully saturated rings. The number of nitrogens with zero attached hydrogens (tertiary/aromatic N) is 3. The SMILES string of the molecule is C=C(C)N(Cc1ccc(C2=NN=C(C(F)F)C2)cc1F)c1ccccc1. The van der Waals surface area contributed by atoms with Crippen molar-refractivity contribution in [3.63, 3.8) is 0 Å². The van der Waals surface area contributed by atoms with Crippen LogP contribution in [0.5, 0.6) is 0 Å². The van der Waals surface area contributed by atoms with Gasteiger partial charge in [0.15, 0.2) is 0 Å². The zero-order valence-corrected chi connectivity index (χ0v) is 14.3. The maximum Gasteiger partial charge on any atom is 0.278 e. The Morgan fingerprint density at radius 2 is 1.88 bits per heavy atom. The minimum Gasteiger partial charge on any atom is -0.341 e. The van der Waals surface area contributed by atoms with Crippen LogP contribution < -0.4 is 4.90 Å². The van der Waals surface area contributed by atoms with Crippen LogP contribution in [0.2, 0.25) is 0 Å². The summed E-state index contributed by atoms with van der Waals surface area (Å²) in [5.41, 5.74) is 2.71. The number of hydrogen-bond donors (Lipinski definition) is 0. The van der Waals surface area contributed by atoms with Crippen molar-refractivity contribution >= 4 is 17.1 Å². The molecule has 26 heavy (non-hydrogen) atoms. The molecule has 2 aromatic rings. The standard InChI is InChI=1S/C20H18F3N3/c1-13(2)26(16-6-4-3-5-7-16)12-15-9-8-14(10-17(15)21)18-11-19(20(22)23)25-24-18/h3-10,20H,1,11-12H2,2H3. The Bertz CT molecular complexity index is 873. The van der Waals surface area contributed by atoms with Gasteiger partial charge in [0.05, 0.1) is 12.3 Å². The van der Waals surface area contributed by atoms with E-state index >= 15 is 0 Å². The van der Waals surface area contributed by atoms with Crippen LogP contribution >= 0.6 is 0 Å². The van der Waals surface area contributed by atoms with E-state index in [4.69, 9.17) is 0 Å². The maximum absolute atomic E-state index is 14.6. The highest BCUT2D eigenvalue weighted by Crippen LogP contribution is 2.24. The Balaban J connectivity index is 1.79. The van der Waals surface area contributed by atoms with Gasteiger partial charge in [0.1, 0.15) is 11.5 Å². The highest BCUT2D eigenvalue weighted by molar-refractivity contribution is 6.15. The molecule has 1 heterocycles. The van der Waals surface area contributed by atoms with Gasteiger partial charge in [0.2, 0.25) is 0 Å². The smallest absolute Gasteiger partial charge is 0.278 e. The van der Waals surface area contributed by atoms with Crippen LogP contribution in [0.3, 0.4) is 0 Å². The van der Waals surface area contributed by atoms with Crippen molar-refractivity contribution in [1.82, 2.24) is 0 Å². The molecule has 0 aromatic heterocycles. The quantitative estimate of drug-likeness (QED) is 0.700. The van der Waals surface area contributed by atoms with Crippen LogP contribution in [-0.4, -0.2) is 17.8 Å². The molecule has 3 nitrogen and oxygen atoms in total. The lowest BCUT2D eigenvalue weighted by atomic mass is 10.0. The third-order valence-corrected chi connectivity index (χ3v) is 4.14. The van der Waals surface area contributed by atoms with Gasteiger partial charge in [-0.2, -0.15) is 10.2 Å². The van der Waals surface area contributed by atoms with Gasteiger partial charge in [-0.15, -0.1) is 0 Å². The van der Waals surface area contributed by atoms with E-state index in [-0.39, 0.29) is 12.1 Å². The van der Waals surface area contributed by atoms with Crippen molar-refractivity contribution in [2.45, 2.75) is 26.3 Å². The normalized spacial score (nSPS) is 13.6. The van der Waals surface area contributed by atoms with Crippen molar-refractivity contribution in [2.75, 3.05) is 4.90 Å². The van der Waals surface area contributed by atoms with Crippen molar-refractivity contribution < 1.29 is 13.2 Å². The van der Waals surface area contributed by atoms with E-state index in [0.717, 1.165) is 11.4 Å². The Labute approximate surface area is 150 Å². The average molecular weight is 357 g/mol. The Morgan fingerprint density at radius 3 is 2.46 bits per heavy atom. The second-order valence-electron chi connectivity index (χ2n) is 6.08. The first-order valence-electron chi connectivity index (χ1n) is 8.14. The third kappa shape index (κ3) is 3.85. The molecule has 0 N–H and O–H groups in total. The molecule has 0 atom stereocenters. The Kier molecular flexibility index (Phi) is 5.21. The van der Waals surface area contributed by atoms with E-state index < -0.39 is 12.2 Å². The number of anilines is 1. The molecule has 0 saturated carbocycles. The molecular weight excluding hydrogens is 339 g/mol. The Hall–Kier alpha value is -2.89. The fourth-order valence-electron chi connectivity index (χ4n) is 2.73. The van der Waals surface area contributed by atoms with E-state index in [9.17, 15) is 13.2 Å². The molecule has 6 heteroatoms. The molecule has 0 aliphatic carbocycles. The molecule has 1 aliphatic heterocycles. The number of para-hydroxylation sites is 1. The van der Waals surface area contributed by atoms with Crippen molar-refractivity contribution in [1.29, 1.82) is 0 Å². The van der Waals surface area contributed by atoms with E-state index in [0.29, 0.717) is 23.4 Å². The van der Waals surface area contributed by atoms with Crippen molar-refractivity contribution in [3.8, 4) is 0 Å². The summed E-state index contributed by atoms with van der Waals surface area (Å²) >= 11 is 0. The summed E-state index contributed by atoms with van der Waals surface area (Å²) in [6.45, 7) is 6.13. The molecule has 0 spiro atoms. The second-order valence-corrected chi connectivity index (χ2v) is 6.08. The van der Waals surface area contributed by atoms with Crippen LogP contribution in [0.4, 0.5) is 18.9 Å². The largest absolute Gasteiger partial charge is 0.341 e. The summed E-state index contributed by atoms with van der Waals surface area (Å²) in [6.07, 6.45) is -2.70. The van der Waals surface area contributed by atoms with Crippen LogP contribution in [-0.2, 0) is 6.54 Å². The summed E-state index contributed by atoms with van der Waals surface area (Å²) in [6, 6.07) is 14.2. The zero-order chi connectivity index (χ0) is 18.7. The predicted octanol–water partition coefficient (Wildman–Crippen LogP) is 5.18.